The molecule has 2 aliphatic heterocycles. The van der Waals surface area contributed by atoms with Crippen LogP contribution in [-0.4, -0.2) is 60.8 Å². The fourth-order valence-electron chi connectivity index (χ4n) is 2.43. The summed E-state index contributed by atoms with van der Waals surface area (Å²) in [5, 5.41) is 0. The van der Waals surface area contributed by atoms with E-state index >= 15 is 0 Å². The molecule has 2 rings (SSSR count). The standard InChI is InChI=1S/C11H22N2O/c1-9(2)12-4-5-13(10(3)6-12)11-7-14-8-11/h9-11H,4-8H2,1-3H3/t10-/m0/s1. The van der Waals surface area contributed by atoms with Gasteiger partial charge < -0.3 is 4.74 Å². The van der Waals surface area contributed by atoms with Gasteiger partial charge in [0.1, 0.15) is 0 Å². The minimum Gasteiger partial charge on any atom is -0.378 e. The molecule has 2 saturated heterocycles. The molecule has 0 N–H and O–H groups in total. The maximum absolute atomic E-state index is 5.26. The van der Waals surface area contributed by atoms with Crippen molar-refractivity contribution in [1.82, 2.24) is 9.80 Å². The lowest BCUT2D eigenvalue weighted by atomic mass is 10.1. The van der Waals surface area contributed by atoms with Crippen LogP contribution in [0, 0.1) is 0 Å². The molecule has 0 saturated carbocycles. The number of ether oxygens (including phenoxy) is 1. The van der Waals surface area contributed by atoms with Crippen LogP contribution in [-0.2, 0) is 4.74 Å². The largest absolute Gasteiger partial charge is 0.378 e. The maximum atomic E-state index is 5.26. The third-order valence-corrected chi connectivity index (χ3v) is 3.53. The van der Waals surface area contributed by atoms with Gasteiger partial charge in [-0.1, -0.05) is 0 Å². The summed E-state index contributed by atoms with van der Waals surface area (Å²) >= 11 is 0. The van der Waals surface area contributed by atoms with Crippen LogP contribution in [0.15, 0.2) is 0 Å². The Morgan fingerprint density at radius 2 is 1.93 bits per heavy atom. The van der Waals surface area contributed by atoms with Crippen molar-refractivity contribution in [2.75, 3.05) is 32.8 Å². The van der Waals surface area contributed by atoms with Crippen LogP contribution in [0.5, 0.6) is 0 Å². The molecule has 2 fully saturated rings. The summed E-state index contributed by atoms with van der Waals surface area (Å²) in [6, 6.07) is 2.09. The molecule has 0 bridgehead atoms. The SMILES string of the molecule is CC(C)N1CCN(C2COC2)[C@@H](C)C1. The van der Waals surface area contributed by atoms with E-state index in [2.05, 4.69) is 30.6 Å². The second kappa shape index (κ2) is 4.17. The Morgan fingerprint density at radius 1 is 1.21 bits per heavy atom. The highest BCUT2D eigenvalue weighted by atomic mass is 16.5. The summed E-state index contributed by atoms with van der Waals surface area (Å²) in [5.74, 6) is 0. The first kappa shape index (κ1) is 10.4. The summed E-state index contributed by atoms with van der Waals surface area (Å²) in [7, 11) is 0. The Labute approximate surface area is 87.0 Å². The van der Waals surface area contributed by atoms with Gasteiger partial charge in [0.05, 0.1) is 19.3 Å². The van der Waals surface area contributed by atoms with Crippen LogP contribution in [0.4, 0.5) is 0 Å². The zero-order valence-corrected chi connectivity index (χ0v) is 9.57. The van der Waals surface area contributed by atoms with E-state index in [1.54, 1.807) is 0 Å². The Bertz CT molecular complexity index is 192. The average Bonchev–Trinajstić information content (AvgIpc) is 2.04. The predicted octanol–water partition coefficient (Wildman–Crippen LogP) is 0.800. The lowest BCUT2D eigenvalue weighted by molar-refractivity contribution is -0.0956. The molecule has 0 aromatic carbocycles. The van der Waals surface area contributed by atoms with Gasteiger partial charge in [0.15, 0.2) is 0 Å². The molecule has 0 radical (unpaired) electrons. The lowest BCUT2D eigenvalue weighted by Crippen LogP contribution is -2.61. The minimum absolute atomic E-state index is 0.692. The minimum atomic E-state index is 0.692. The summed E-state index contributed by atoms with van der Waals surface area (Å²) in [6.45, 7) is 12.5. The molecule has 3 heteroatoms. The van der Waals surface area contributed by atoms with Crippen LogP contribution in [0.25, 0.3) is 0 Å². The molecule has 3 nitrogen and oxygen atoms in total. The third kappa shape index (κ3) is 1.95. The van der Waals surface area contributed by atoms with Crippen LogP contribution in [0.3, 0.4) is 0 Å². The van der Waals surface area contributed by atoms with Crippen molar-refractivity contribution >= 4 is 0 Å². The van der Waals surface area contributed by atoms with Crippen LogP contribution < -0.4 is 0 Å². The highest BCUT2D eigenvalue weighted by Gasteiger charge is 2.33. The Morgan fingerprint density at radius 3 is 2.36 bits per heavy atom. The van der Waals surface area contributed by atoms with E-state index in [1.807, 2.05) is 0 Å². The normalized spacial score (nSPS) is 32.1. The van der Waals surface area contributed by atoms with E-state index in [9.17, 15) is 0 Å². The van der Waals surface area contributed by atoms with E-state index in [-0.39, 0.29) is 0 Å². The quantitative estimate of drug-likeness (QED) is 0.653. The smallest absolute Gasteiger partial charge is 0.0645 e. The van der Waals surface area contributed by atoms with Crippen molar-refractivity contribution < 1.29 is 4.74 Å². The zero-order valence-electron chi connectivity index (χ0n) is 9.57. The molecule has 14 heavy (non-hydrogen) atoms. The van der Waals surface area contributed by atoms with Gasteiger partial charge in [-0.05, 0) is 20.8 Å². The average molecular weight is 198 g/mol. The van der Waals surface area contributed by atoms with Gasteiger partial charge in [0, 0.05) is 31.7 Å². The second-order valence-electron chi connectivity index (χ2n) is 4.87. The summed E-state index contributed by atoms with van der Waals surface area (Å²) in [5.41, 5.74) is 0. The Hall–Kier alpha value is -0.120. The fraction of sp³-hybridized carbons (Fsp3) is 1.00. The molecule has 0 spiro atoms. The molecular formula is C11H22N2O. The lowest BCUT2D eigenvalue weighted by Gasteiger charge is -2.47. The Kier molecular flexibility index (Phi) is 3.10. The number of piperazine rings is 1. The molecule has 0 aromatic rings. The summed E-state index contributed by atoms with van der Waals surface area (Å²) in [4.78, 5) is 5.18. The van der Waals surface area contributed by atoms with Gasteiger partial charge in [0.2, 0.25) is 0 Å². The second-order valence-corrected chi connectivity index (χ2v) is 4.87. The molecular weight excluding hydrogens is 176 g/mol. The highest BCUT2D eigenvalue weighted by molar-refractivity contribution is 4.87. The fourth-order valence-corrected chi connectivity index (χ4v) is 2.43. The van der Waals surface area contributed by atoms with E-state index in [4.69, 9.17) is 4.74 Å². The molecule has 82 valence electrons. The number of hydrogen-bond donors (Lipinski definition) is 0. The van der Waals surface area contributed by atoms with Crippen molar-refractivity contribution in [3.63, 3.8) is 0 Å². The first-order valence-electron chi connectivity index (χ1n) is 5.76. The topological polar surface area (TPSA) is 15.7 Å². The number of rotatable bonds is 2. The molecule has 0 aliphatic carbocycles. The number of nitrogens with zero attached hydrogens (tertiary/aromatic N) is 2. The molecule has 2 aliphatic rings. The van der Waals surface area contributed by atoms with Crippen LogP contribution in [0.2, 0.25) is 0 Å². The van der Waals surface area contributed by atoms with Gasteiger partial charge in [-0.2, -0.15) is 0 Å². The molecule has 0 amide bonds. The van der Waals surface area contributed by atoms with Gasteiger partial charge in [-0.15, -0.1) is 0 Å². The van der Waals surface area contributed by atoms with E-state index in [0.29, 0.717) is 18.1 Å². The highest BCUT2D eigenvalue weighted by Crippen LogP contribution is 2.19. The van der Waals surface area contributed by atoms with Crippen molar-refractivity contribution in [1.29, 1.82) is 0 Å². The first-order valence-corrected chi connectivity index (χ1v) is 5.76. The Balaban J connectivity index is 1.86. The van der Waals surface area contributed by atoms with E-state index < -0.39 is 0 Å². The predicted molar refractivity (Wildman–Crippen MR) is 57.5 cm³/mol. The summed E-state index contributed by atoms with van der Waals surface area (Å²) in [6.07, 6.45) is 0. The van der Waals surface area contributed by atoms with E-state index in [0.717, 1.165) is 13.2 Å². The summed E-state index contributed by atoms with van der Waals surface area (Å²) < 4.78 is 5.26. The van der Waals surface area contributed by atoms with Crippen molar-refractivity contribution in [2.24, 2.45) is 0 Å². The maximum Gasteiger partial charge on any atom is 0.0645 e. The number of hydrogen-bond acceptors (Lipinski definition) is 3. The first-order chi connectivity index (χ1) is 6.68. The van der Waals surface area contributed by atoms with Crippen molar-refractivity contribution in [2.45, 2.75) is 38.9 Å². The van der Waals surface area contributed by atoms with Crippen LogP contribution >= 0.6 is 0 Å². The van der Waals surface area contributed by atoms with Gasteiger partial charge in [0.25, 0.3) is 0 Å². The molecule has 0 unspecified atom stereocenters. The molecule has 0 aromatic heterocycles. The zero-order chi connectivity index (χ0) is 10.1. The van der Waals surface area contributed by atoms with Gasteiger partial charge >= 0.3 is 0 Å². The van der Waals surface area contributed by atoms with E-state index in [1.165, 1.54) is 19.6 Å². The van der Waals surface area contributed by atoms with Crippen molar-refractivity contribution in [3.05, 3.63) is 0 Å². The third-order valence-electron chi connectivity index (χ3n) is 3.53. The van der Waals surface area contributed by atoms with Gasteiger partial charge in [-0.3, -0.25) is 9.80 Å². The van der Waals surface area contributed by atoms with Crippen LogP contribution in [0.1, 0.15) is 20.8 Å². The van der Waals surface area contributed by atoms with Gasteiger partial charge in [-0.25, -0.2) is 0 Å². The van der Waals surface area contributed by atoms with Crippen molar-refractivity contribution in [3.8, 4) is 0 Å². The monoisotopic (exact) mass is 198 g/mol. The molecule has 1 atom stereocenters. The molecule has 2 heterocycles.